The van der Waals surface area contributed by atoms with Crippen LogP contribution in [0.4, 0.5) is 0 Å². The van der Waals surface area contributed by atoms with E-state index in [9.17, 15) is 9.90 Å². The molecule has 0 aromatic rings. The summed E-state index contributed by atoms with van der Waals surface area (Å²) in [5, 5.41) is 9.23. The Morgan fingerprint density at radius 2 is 2.11 bits per heavy atom. The van der Waals surface area contributed by atoms with Gasteiger partial charge in [-0.3, -0.25) is 4.79 Å². The van der Waals surface area contributed by atoms with E-state index in [0.29, 0.717) is 45.7 Å². The van der Waals surface area contributed by atoms with Crippen LogP contribution in [0.25, 0.3) is 0 Å². The molecule has 0 bridgehead atoms. The number of aliphatic hydroxyl groups excluding tert-OH is 1. The highest BCUT2D eigenvalue weighted by molar-refractivity contribution is 5.83. The van der Waals surface area contributed by atoms with Gasteiger partial charge in [0.15, 0.2) is 0 Å². The summed E-state index contributed by atoms with van der Waals surface area (Å²) in [4.78, 5) is 14.6. The van der Waals surface area contributed by atoms with Gasteiger partial charge in [-0.2, -0.15) is 0 Å². The van der Waals surface area contributed by atoms with Gasteiger partial charge in [-0.05, 0) is 19.8 Å². The molecule has 2 atom stereocenters. The predicted octanol–water partition coefficient (Wildman–Crippen LogP) is -0.650. The molecule has 0 aromatic heterocycles. The minimum Gasteiger partial charge on any atom is -0.394 e. The molecule has 2 unspecified atom stereocenters. The number of aliphatic hydroxyl groups is 1. The molecule has 0 saturated carbocycles. The van der Waals surface area contributed by atoms with Gasteiger partial charge >= 0.3 is 0 Å². The van der Waals surface area contributed by atoms with Crippen molar-refractivity contribution in [3.8, 4) is 0 Å². The van der Waals surface area contributed by atoms with Crippen molar-refractivity contribution in [1.82, 2.24) is 4.90 Å². The molecule has 2 heterocycles. The van der Waals surface area contributed by atoms with E-state index in [1.165, 1.54) is 0 Å². The van der Waals surface area contributed by atoms with Crippen molar-refractivity contribution in [2.24, 2.45) is 11.1 Å². The van der Waals surface area contributed by atoms with Crippen LogP contribution in [0.15, 0.2) is 0 Å². The Bertz CT molecular complexity index is 318. The van der Waals surface area contributed by atoms with Crippen LogP contribution in [0, 0.1) is 5.41 Å². The van der Waals surface area contributed by atoms with Crippen LogP contribution < -0.4 is 5.73 Å². The summed E-state index contributed by atoms with van der Waals surface area (Å²) in [7, 11) is 0. The normalized spacial score (nSPS) is 31.2. The van der Waals surface area contributed by atoms with Gasteiger partial charge in [0.25, 0.3) is 0 Å². The van der Waals surface area contributed by atoms with Crippen LogP contribution in [0.3, 0.4) is 0 Å². The molecule has 0 radical (unpaired) electrons. The van der Waals surface area contributed by atoms with Crippen LogP contribution in [-0.4, -0.2) is 67.6 Å². The van der Waals surface area contributed by atoms with Crippen molar-refractivity contribution in [3.63, 3.8) is 0 Å². The maximum absolute atomic E-state index is 12.8. The van der Waals surface area contributed by atoms with Gasteiger partial charge in [0, 0.05) is 32.8 Å². The summed E-state index contributed by atoms with van der Waals surface area (Å²) in [5.74, 6) is 0.0897. The number of nitrogens with zero attached hydrogens (tertiary/aromatic N) is 1. The number of amides is 1. The summed E-state index contributed by atoms with van der Waals surface area (Å²) in [6.45, 7) is 4.40. The molecule has 2 aliphatic heterocycles. The summed E-state index contributed by atoms with van der Waals surface area (Å²) in [6.07, 6.45) is 1.02. The summed E-state index contributed by atoms with van der Waals surface area (Å²) in [5.41, 5.74) is 5.37. The highest BCUT2D eigenvalue weighted by atomic mass is 16.5. The number of hydrogen-bond donors (Lipinski definition) is 2. The number of rotatable bonds is 3. The lowest BCUT2D eigenvalue weighted by atomic mass is 9.78. The molecule has 6 nitrogen and oxygen atoms in total. The van der Waals surface area contributed by atoms with Crippen LogP contribution in [-0.2, 0) is 14.3 Å². The summed E-state index contributed by atoms with van der Waals surface area (Å²) < 4.78 is 10.9. The largest absolute Gasteiger partial charge is 0.394 e. The summed E-state index contributed by atoms with van der Waals surface area (Å²) in [6, 6.07) is 0. The quantitative estimate of drug-likeness (QED) is 0.713. The second-order valence-corrected chi connectivity index (χ2v) is 5.56. The molecule has 1 amide bonds. The van der Waals surface area contributed by atoms with E-state index in [4.69, 9.17) is 15.2 Å². The molecule has 0 aromatic carbocycles. The first-order chi connectivity index (χ1) is 9.11. The first-order valence-electron chi connectivity index (χ1n) is 6.95. The third-order valence-electron chi connectivity index (χ3n) is 4.11. The van der Waals surface area contributed by atoms with E-state index < -0.39 is 5.41 Å². The van der Waals surface area contributed by atoms with E-state index in [1.807, 2.05) is 6.92 Å². The van der Waals surface area contributed by atoms with E-state index >= 15 is 0 Å². The lowest BCUT2D eigenvalue weighted by Gasteiger charge is -2.43. The Hall–Kier alpha value is -0.690. The maximum atomic E-state index is 12.8. The van der Waals surface area contributed by atoms with E-state index in [0.717, 1.165) is 0 Å². The molecule has 6 heteroatoms. The molecule has 2 rings (SSSR count). The number of carbonyl (C=O) groups excluding carboxylic acids is 1. The van der Waals surface area contributed by atoms with Gasteiger partial charge in [0.05, 0.1) is 24.2 Å². The Balaban J connectivity index is 2.08. The van der Waals surface area contributed by atoms with E-state index in [-0.39, 0.29) is 24.7 Å². The summed E-state index contributed by atoms with van der Waals surface area (Å²) >= 11 is 0. The van der Waals surface area contributed by atoms with E-state index in [2.05, 4.69) is 0 Å². The van der Waals surface area contributed by atoms with Crippen LogP contribution >= 0.6 is 0 Å². The zero-order valence-electron chi connectivity index (χ0n) is 11.5. The molecular weight excluding hydrogens is 248 g/mol. The third kappa shape index (κ3) is 3.08. The number of ether oxygens (including phenoxy) is 2. The topological polar surface area (TPSA) is 85.0 Å². The van der Waals surface area contributed by atoms with Gasteiger partial charge in [-0.25, -0.2) is 0 Å². The fourth-order valence-electron chi connectivity index (χ4n) is 2.91. The fraction of sp³-hybridized carbons (Fsp3) is 0.923. The highest BCUT2D eigenvalue weighted by Crippen LogP contribution is 2.32. The molecule has 2 fully saturated rings. The van der Waals surface area contributed by atoms with Crippen molar-refractivity contribution >= 4 is 5.91 Å². The van der Waals surface area contributed by atoms with Gasteiger partial charge in [-0.1, -0.05) is 0 Å². The number of morpholine rings is 1. The Kier molecular flexibility index (Phi) is 4.78. The average molecular weight is 272 g/mol. The molecule has 2 aliphatic rings. The van der Waals surface area contributed by atoms with Crippen molar-refractivity contribution in [2.75, 3.05) is 39.5 Å². The lowest BCUT2D eigenvalue weighted by Crippen LogP contribution is -2.57. The van der Waals surface area contributed by atoms with Crippen LogP contribution in [0.1, 0.15) is 19.8 Å². The minimum atomic E-state index is -0.491. The molecule has 2 saturated heterocycles. The molecule has 110 valence electrons. The lowest BCUT2D eigenvalue weighted by molar-refractivity contribution is -0.161. The molecule has 0 spiro atoms. The number of carbonyl (C=O) groups is 1. The third-order valence-corrected chi connectivity index (χ3v) is 4.11. The Morgan fingerprint density at radius 3 is 2.68 bits per heavy atom. The SMILES string of the molecule is CC1CN(C(=O)C2(CN)CCOCC2)CC(CO)O1. The van der Waals surface area contributed by atoms with Crippen LogP contribution in [0.5, 0.6) is 0 Å². The molecular formula is C13H24N2O4. The van der Waals surface area contributed by atoms with E-state index in [1.54, 1.807) is 4.90 Å². The van der Waals surface area contributed by atoms with Gasteiger partial charge in [0.2, 0.25) is 5.91 Å². The number of hydrogen-bond acceptors (Lipinski definition) is 5. The first kappa shape index (κ1) is 14.7. The van der Waals surface area contributed by atoms with Crippen molar-refractivity contribution in [1.29, 1.82) is 0 Å². The van der Waals surface area contributed by atoms with Crippen LogP contribution in [0.2, 0.25) is 0 Å². The zero-order valence-corrected chi connectivity index (χ0v) is 11.5. The second-order valence-electron chi connectivity index (χ2n) is 5.56. The van der Waals surface area contributed by atoms with Gasteiger partial charge < -0.3 is 25.2 Å². The van der Waals surface area contributed by atoms with Gasteiger partial charge in [0.1, 0.15) is 0 Å². The monoisotopic (exact) mass is 272 g/mol. The minimum absolute atomic E-state index is 0.0514. The second kappa shape index (κ2) is 6.17. The Morgan fingerprint density at radius 1 is 1.42 bits per heavy atom. The molecule has 3 N–H and O–H groups in total. The standard InChI is InChI=1S/C13H24N2O4/c1-10-6-15(7-11(8-16)19-10)12(17)13(9-14)2-4-18-5-3-13/h10-11,16H,2-9,14H2,1H3. The molecule has 19 heavy (non-hydrogen) atoms. The average Bonchev–Trinajstić information content (AvgIpc) is 2.46. The smallest absolute Gasteiger partial charge is 0.230 e. The number of nitrogens with two attached hydrogens (primary N) is 1. The first-order valence-corrected chi connectivity index (χ1v) is 6.95. The molecule has 0 aliphatic carbocycles. The maximum Gasteiger partial charge on any atom is 0.230 e. The van der Waals surface area contributed by atoms with Crippen molar-refractivity contribution in [2.45, 2.75) is 32.0 Å². The Labute approximate surface area is 113 Å². The fourth-order valence-corrected chi connectivity index (χ4v) is 2.91. The van der Waals surface area contributed by atoms with Gasteiger partial charge in [-0.15, -0.1) is 0 Å². The highest BCUT2D eigenvalue weighted by Gasteiger charge is 2.43. The van der Waals surface area contributed by atoms with Crippen molar-refractivity contribution < 1.29 is 19.4 Å². The zero-order chi connectivity index (χ0) is 13.9. The predicted molar refractivity (Wildman–Crippen MR) is 69.5 cm³/mol. The van der Waals surface area contributed by atoms with Crippen molar-refractivity contribution in [3.05, 3.63) is 0 Å².